The van der Waals surface area contributed by atoms with Gasteiger partial charge in [0.2, 0.25) is 5.91 Å². The highest BCUT2D eigenvalue weighted by Crippen LogP contribution is 2.32. The summed E-state index contributed by atoms with van der Waals surface area (Å²) >= 11 is 0. The molecule has 4 heterocycles. The smallest absolute Gasteiger partial charge is 0.256 e. The Hall–Kier alpha value is -3.03. The summed E-state index contributed by atoms with van der Waals surface area (Å²) in [5.74, 6) is 0.550. The van der Waals surface area contributed by atoms with Crippen LogP contribution in [-0.4, -0.2) is 49.7 Å². The standard InChI is InChI=1S/C23H29N5O3/c1-4-14(2)22(30)28-10-5-6-19(28)20-25-18-8-11-27(13-17(18)21(29)26-20)23(31)16-7-9-24-12-15(16)3/h7,9,12,14,19H,4-6,8,10-11,13H2,1-3H3,(H,25,26,29). The molecule has 1 fully saturated rings. The van der Waals surface area contributed by atoms with E-state index in [1.807, 2.05) is 25.7 Å². The fraction of sp³-hybridized carbons (Fsp3) is 0.522. The van der Waals surface area contributed by atoms with Crippen LogP contribution in [0.2, 0.25) is 0 Å². The third-order valence-electron chi connectivity index (χ3n) is 6.51. The SMILES string of the molecule is CCC(C)C(=O)N1CCCC1c1nc2c(c(=O)[nH]1)CN(C(=O)c1ccncc1C)CC2. The van der Waals surface area contributed by atoms with Crippen LogP contribution in [-0.2, 0) is 17.8 Å². The van der Waals surface area contributed by atoms with E-state index in [1.54, 1.807) is 23.4 Å². The minimum absolute atomic E-state index is 0.0406. The lowest BCUT2D eigenvalue weighted by molar-refractivity contribution is -0.136. The monoisotopic (exact) mass is 423 g/mol. The van der Waals surface area contributed by atoms with E-state index >= 15 is 0 Å². The van der Waals surface area contributed by atoms with E-state index in [1.165, 1.54) is 0 Å². The lowest BCUT2D eigenvalue weighted by Gasteiger charge is -2.30. The number of rotatable bonds is 4. The second-order valence-electron chi connectivity index (χ2n) is 8.54. The minimum atomic E-state index is -0.216. The minimum Gasteiger partial charge on any atom is -0.334 e. The number of likely N-dealkylation sites (tertiary alicyclic amines) is 1. The van der Waals surface area contributed by atoms with Crippen LogP contribution < -0.4 is 5.56 Å². The summed E-state index contributed by atoms with van der Waals surface area (Å²) in [6, 6.07) is 1.53. The third kappa shape index (κ3) is 3.98. The van der Waals surface area contributed by atoms with Crippen LogP contribution in [0.5, 0.6) is 0 Å². The van der Waals surface area contributed by atoms with E-state index in [2.05, 4.69) is 9.97 Å². The van der Waals surface area contributed by atoms with Gasteiger partial charge >= 0.3 is 0 Å². The lowest BCUT2D eigenvalue weighted by atomic mass is 10.0. The number of nitrogens with zero attached hydrogens (tertiary/aromatic N) is 4. The Labute approximate surface area is 181 Å². The predicted molar refractivity (Wildman–Crippen MR) is 115 cm³/mol. The van der Waals surface area contributed by atoms with Crippen molar-refractivity contribution in [3.05, 3.63) is 57.0 Å². The van der Waals surface area contributed by atoms with Gasteiger partial charge in [-0.2, -0.15) is 0 Å². The number of hydrogen-bond donors (Lipinski definition) is 1. The number of nitrogens with one attached hydrogen (secondary N) is 1. The highest BCUT2D eigenvalue weighted by Gasteiger charge is 2.35. The van der Waals surface area contributed by atoms with Crippen LogP contribution >= 0.6 is 0 Å². The molecule has 0 aromatic carbocycles. The Morgan fingerprint density at radius 3 is 2.87 bits per heavy atom. The molecule has 0 bridgehead atoms. The van der Waals surface area contributed by atoms with Gasteiger partial charge < -0.3 is 14.8 Å². The number of pyridine rings is 1. The fourth-order valence-electron chi connectivity index (χ4n) is 4.43. The first-order valence-electron chi connectivity index (χ1n) is 11.0. The van der Waals surface area contributed by atoms with Crippen LogP contribution in [0, 0.1) is 12.8 Å². The van der Waals surface area contributed by atoms with Crippen LogP contribution in [0.4, 0.5) is 0 Å². The number of carbonyl (C=O) groups is 2. The molecule has 0 saturated carbocycles. The van der Waals surface area contributed by atoms with Crippen LogP contribution in [0.1, 0.15) is 72.2 Å². The highest BCUT2D eigenvalue weighted by atomic mass is 16.2. The molecule has 2 amide bonds. The maximum Gasteiger partial charge on any atom is 0.256 e. The molecule has 2 unspecified atom stereocenters. The normalized spacial score (nSPS) is 19.3. The molecule has 0 radical (unpaired) electrons. The van der Waals surface area contributed by atoms with Gasteiger partial charge in [0.1, 0.15) is 5.82 Å². The maximum absolute atomic E-state index is 12.9. The topological polar surface area (TPSA) is 99.3 Å². The summed E-state index contributed by atoms with van der Waals surface area (Å²) in [5, 5.41) is 0. The zero-order valence-corrected chi connectivity index (χ0v) is 18.4. The Balaban J connectivity index is 1.58. The average Bonchev–Trinajstić information content (AvgIpc) is 3.27. The van der Waals surface area contributed by atoms with Gasteiger partial charge in [-0.3, -0.25) is 19.4 Å². The number of hydrogen-bond acceptors (Lipinski definition) is 5. The summed E-state index contributed by atoms with van der Waals surface area (Å²) in [5.41, 5.74) is 2.47. The summed E-state index contributed by atoms with van der Waals surface area (Å²) in [6.45, 7) is 7.24. The molecule has 2 atom stereocenters. The number of aromatic amines is 1. The van der Waals surface area contributed by atoms with Gasteiger partial charge in [0.15, 0.2) is 0 Å². The Morgan fingerprint density at radius 1 is 1.32 bits per heavy atom. The number of aromatic nitrogens is 3. The molecular weight excluding hydrogens is 394 g/mol. The molecule has 2 aromatic rings. The number of carbonyl (C=O) groups excluding carboxylic acids is 2. The number of amides is 2. The quantitative estimate of drug-likeness (QED) is 0.814. The van der Waals surface area contributed by atoms with Crippen molar-refractivity contribution in [3.63, 3.8) is 0 Å². The van der Waals surface area contributed by atoms with E-state index in [-0.39, 0.29) is 35.9 Å². The molecule has 4 rings (SSSR count). The Kier molecular flexibility index (Phi) is 5.89. The van der Waals surface area contributed by atoms with Gasteiger partial charge in [0, 0.05) is 43.4 Å². The Morgan fingerprint density at radius 2 is 2.13 bits per heavy atom. The van der Waals surface area contributed by atoms with Crippen molar-refractivity contribution < 1.29 is 9.59 Å². The largest absolute Gasteiger partial charge is 0.334 e. The van der Waals surface area contributed by atoms with Gasteiger partial charge in [-0.15, -0.1) is 0 Å². The molecule has 8 heteroatoms. The third-order valence-corrected chi connectivity index (χ3v) is 6.51. The van der Waals surface area contributed by atoms with Crippen molar-refractivity contribution in [3.8, 4) is 0 Å². The molecule has 2 aromatic heterocycles. The summed E-state index contributed by atoms with van der Waals surface area (Å²) in [7, 11) is 0. The van der Waals surface area contributed by atoms with Crippen LogP contribution in [0.15, 0.2) is 23.3 Å². The van der Waals surface area contributed by atoms with Crippen molar-refractivity contribution in [2.75, 3.05) is 13.1 Å². The van der Waals surface area contributed by atoms with Gasteiger partial charge in [-0.1, -0.05) is 13.8 Å². The number of fused-ring (bicyclic) bond motifs is 1. The molecule has 0 aliphatic carbocycles. The molecule has 2 aliphatic rings. The van der Waals surface area contributed by atoms with Gasteiger partial charge in [-0.25, -0.2) is 4.98 Å². The van der Waals surface area contributed by atoms with Crippen LogP contribution in [0.3, 0.4) is 0 Å². The summed E-state index contributed by atoms with van der Waals surface area (Å²) in [6.07, 6.45) is 6.29. The lowest BCUT2D eigenvalue weighted by Crippen LogP contribution is -2.41. The first-order chi connectivity index (χ1) is 14.9. The van der Waals surface area contributed by atoms with E-state index in [4.69, 9.17) is 4.98 Å². The number of aryl methyl sites for hydroxylation is 1. The van der Waals surface area contributed by atoms with Gasteiger partial charge in [0.05, 0.1) is 23.8 Å². The van der Waals surface area contributed by atoms with Crippen molar-refractivity contribution in [2.24, 2.45) is 5.92 Å². The van der Waals surface area contributed by atoms with E-state index in [0.29, 0.717) is 36.5 Å². The molecule has 164 valence electrons. The fourth-order valence-corrected chi connectivity index (χ4v) is 4.43. The molecule has 0 spiro atoms. The molecule has 31 heavy (non-hydrogen) atoms. The van der Waals surface area contributed by atoms with E-state index in [9.17, 15) is 14.4 Å². The van der Waals surface area contributed by atoms with Crippen molar-refractivity contribution in [1.29, 1.82) is 0 Å². The van der Waals surface area contributed by atoms with Crippen molar-refractivity contribution in [2.45, 2.75) is 59.0 Å². The summed E-state index contributed by atoms with van der Waals surface area (Å²) in [4.78, 5) is 53.9. The molecule has 1 N–H and O–H groups in total. The molecule has 2 aliphatic heterocycles. The predicted octanol–water partition coefficient (Wildman–Crippen LogP) is 2.38. The molecule has 8 nitrogen and oxygen atoms in total. The second kappa shape index (κ2) is 8.61. The molecule has 1 saturated heterocycles. The first-order valence-corrected chi connectivity index (χ1v) is 11.0. The van der Waals surface area contributed by atoms with Crippen molar-refractivity contribution in [1.82, 2.24) is 24.8 Å². The van der Waals surface area contributed by atoms with Gasteiger partial charge in [0.25, 0.3) is 11.5 Å². The summed E-state index contributed by atoms with van der Waals surface area (Å²) < 4.78 is 0. The Bertz CT molecular complexity index is 1060. The zero-order valence-electron chi connectivity index (χ0n) is 18.4. The van der Waals surface area contributed by atoms with Gasteiger partial charge in [-0.05, 0) is 37.8 Å². The zero-order chi connectivity index (χ0) is 22.1. The highest BCUT2D eigenvalue weighted by molar-refractivity contribution is 5.95. The second-order valence-corrected chi connectivity index (χ2v) is 8.54. The molecular formula is C23H29N5O3. The maximum atomic E-state index is 12.9. The van der Waals surface area contributed by atoms with E-state index < -0.39 is 0 Å². The number of H-pyrrole nitrogens is 1. The average molecular weight is 424 g/mol. The first kappa shape index (κ1) is 21.2. The van der Waals surface area contributed by atoms with E-state index in [0.717, 1.165) is 30.5 Å². The van der Waals surface area contributed by atoms with Crippen molar-refractivity contribution >= 4 is 11.8 Å². The van der Waals surface area contributed by atoms with Crippen LogP contribution in [0.25, 0.3) is 0 Å².